The Hall–Kier alpha value is -4.06. The summed E-state index contributed by atoms with van der Waals surface area (Å²) in [6.07, 6.45) is 1.86. The molecule has 1 spiro atoms. The average molecular weight is 639 g/mol. The highest BCUT2D eigenvalue weighted by atomic mass is 35.5. The van der Waals surface area contributed by atoms with Crippen molar-refractivity contribution in [2.24, 2.45) is 11.8 Å². The highest BCUT2D eigenvalue weighted by Crippen LogP contribution is 2.62. The summed E-state index contributed by atoms with van der Waals surface area (Å²) >= 11 is 12.6. The van der Waals surface area contributed by atoms with Crippen LogP contribution in [0.4, 0.5) is 21.5 Å². The van der Waals surface area contributed by atoms with Gasteiger partial charge in [-0.2, -0.15) is 0 Å². The summed E-state index contributed by atoms with van der Waals surface area (Å²) in [6, 6.07) is 12.6. The van der Waals surface area contributed by atoms with Crippen molar-refractivity contribution >= 4 is 58.0 Å². The molecule has 10 nitrogen and oxygen atoms in total. The summed E-state index contributed by atoms with van der Waals surface area (Å²) in [4.78, 5) is 56.0. The molecule has 1 aliphatic carbocycles. The number of benzene rings is 3. The average Bonchev–Trinajstić information content (AvgIpc) is 3.62. The van der Waals surface area contributed by atoms with Gasteiger partial charge in [0.1, 0.15) is 17.0 Å². The van der Waals surface area contributed by atoms with Gasteiger partial charge in [-0.15, -0.1) is 0 Å². The van der Waals surface area contributed by atoms with Crippen LogP contribution >= 0.6 is 23.2 Å². The number of halogens is 3. The first-order valence-corrected chi connectivity index (χ1v) is 14.8. The van der Waals surface area contributed by atoms with Gasteiger partial charge in [0.15, 0.2) is 0 Å². The van der Waals surface area contributed by atoms with E-state index in [-0.39, 0.29) is 40.0 Å². The van der Waals surface area contributed by atoms with Crippen LogP contribution in [0, 0.1) is 27.8 Å². The van der Waals surface area contributed by atoms with Crippen molar-refractivity contribution in [1.82, 2.24) is 4.90 Å². The second-order valence-electron chi connectivity index (χ2n) is 11.6. The summed E-state index contributed by atoms with van der Waals surface area (Å²) in [5.41, 5.74) is -0.764. The SMILES string of the molecule is COC(=O)c1ccc([N+](=O)[O-])c(N2C[C@H]3[C@@H](C2=O)[C@H](c2cccc(Cl)c2F)[C@]2(C(=O)Nc4cc(Cl)ccc42)N3CC2CC2)c1. The maximum Gasteiger partial charge on any atom is 0.337 e. The summed E-state index contributed by atoms with van der Waals surface area (Å²) in [6.45, 7) is 0.416. The van der Waals surface area contributed by atoms with Gasteiger partial charge in [0.2, 0.25) is 11.8 Å². The molecule has 2 saturated heterocycles. The maximum absolute atomic E-state index is 16.0. The minimum absolute atomic E-state index is 0.0294. The van der Waals surface area contributed by atoms with Gasteiger partial charge in [-0.05, 0) is 54.7 Å². The molecule has 13 heteroatoms. The molecule has 3 aromatic carbocycles. The number of carbonyl (C=O) groups is 3. The molecule has 2 amide bonds. The quantitative estimate of drug-likeness (QED) is 0.214. The van der Waals surface area contributed by atoms with Crippen LogP contribution in [0.25, 0.3) is 0 Å². The van der Waals surface area contributed by atoms with Crippen molar-refractivity contribution in [2.75, 3.05) is 30.4 Å². The number of hydrogen-bond donors (Lipinski definition) is 1. The van der Waals surface area contributed by atoms with Crippen molar-refractivity contribution in [3.05, 3.63) is 97.3 Å². The second kappa shape index (κ2) is 10.3. The molecule has 3 fully saturated rings. The molecule has 44 heavy (non-hydrogen) atoms. The molecule has 4 aliphatic rings. The number of fused-ring (bicyclic) bond motifs is 3. The smallest absolute Gasteiger partial charge is 0.337 e. The number of methoxy groups -OCH3 is 1. The summed E-state index contributed by atoms with van der Waals surface area (Å²) < 4.78 is 20.9. The zero-order valence-electron chi connectivity index (χ0n) is 23.3. The molecular weight excluding hydrogens is 614 g/mol. The van der Waals surface area contributed by atoms with Gasteiger partial charge in [-0.25, -0.2) is 9.18 Å². The molecule has 0 bridgehead atoms. The zero-order valence-corrected chi connectivity index (χ0v) is 24.8. The summed E-state index contributed by atoms with van der Waals surface area (Å²) in [5, 5.41) is 15.3. The largest absolute Gasteiger partial charge is 0.465 e. The predicted molar refractivity (Wildman–Crippen MR) is 159 cm³/mol. The fraction of sp³-hybridized carbons (Fsp3) is 0.323. The fourth-order valence-corrected chi connectivity index (χ4v) is 7.73. The number of nitrogens with zero attached hydrogens (tertiary/aromatic N) is 3. The van der Waals surface area contributed by atoms with E-state index in [1.54, 1.807) is 24.3 Å². The van der Waals surface area contributed by atoms with E-state index in [0.717, 1.165) is 18.9 Å². The molecule has 3 aromatic rings. The molecule has 0 unspecified atom stereocenters. The van der Waals surface area contributed by atoms with E-state index >= 15 is 4.39 Å². The van der Waals surface area contributed by atoms with Crippen molar-refractivity contribution in [2.45, 2.75) is 30.3 Å². The van der Waals surface area contributed by atoms with E-state index < -0.39 is 51.9 Å². The lowest BCUT2D eigenvalue weighted by atomic mass is 9.71. The molecule has 3 aliphatic heterocycles. The van der Waals surface area contributed by atoms with Crippen molar-refractivity contribution in [3.8, 4) is 0 Å². The Labute approximate surface area is 260 Å². The highest BCUT2D eigenvalue weighted by molar-refractivity contribution is 6.31. The number of nitro groups is 1. The van der Waals surface area contributed by atoms with Crippen LogP contribution in [-0.2, 0) is 19.9 Å². The van der Waals surface area contributed by atoms with Crippen LogP contribution in [0.3, 0.4) is 0 Å². The third-order valence-corrected chi connectivity index (χ3v) is 9.86. The first-order chi connectivity index (χ1) is 21.1. The Kier molecular flexibility index (Phi) is 6.69. The van der Waals surface area contributed by atoms with E-state index in [4.69, 9.17) is 27.9 Å². The molecule has 0 radical (unpaired) electrons. The van der Waals surface area contributed by atoms with E-state index in [9.17, 15) is 24.5 Å². The Morgan fingerprint density at radius 2 is 1.93 bits per heavy atom. The van der Waals surface area contributed by atoms with Crippen LogP contribution < -0.4 is 10.2 Å². The van der Waals surface area contributed by atoms with E-state index in [0.29, 0.717) is 22.8 Å². The Morgan fingerprint density at radius 1 is 1.16 bits per heavy atom. The van der Waals surface area contributed by atoms with Crippen LogP contribution in [-0.4, -0.2) is 53.8 Å². The van der Waals surface area contributed by atoms with Gasteiger partial charge in [0.25, 0.3) is 5.69 Å². The van der Waals surface area contributed by atoms with Crippen LogP contribution in [0.1, 0.15) is 40.2 Å². The van der Waals surface area contributed by atoms with E-state index in [1.807, 2.05) is 4.90 Å². The van der Waals surface area contributed by atoms with Crippen molar-refractivity contribution < 1.29 is 28.4 Å². The van der Waals surface area contributed by atoms with Crippen LogP contribution in [0.15, 0.2) is 54.6 Å². The van der Waals surface area contributed by atoms with Crippen LogP contribution in [0.5, 0.6) is 0 Å². The minimum Gasteiger partial charge on any atom is -0.465 e. The Balaban J connectivity index is 1.45. The Bertz CT molecular complexity index is 1780. The number of ether oxygens (including phenoxy) is 1. The van der Waals surface area contributed by atoms with Gasteiger partial charge < -0.3 is 15.0 Å². The molecule has 1 saturated carbocycles. The highest BCUT2D eigenvalue weighted by Gasteiger charge is 2.71. The van der Waals surface area contributed by atoms with Gasteiger partial charge in [-0.1, -0.05) is 41.4 Å². The number of anilines is 2. The zero-order chi connectivity index (χ0) is 31.1. The predicted octanol–water partition coefficient (Wildman–Crippen LogP) is 5.52. The van der Waals surface area contributed by atoms with Crippen LogP contribution in [0.2, 0.25) is 10.0 Å². The lowest BCUT2D eigenvalue weighted by Gasteiger charge is -2.41. The monoisotopic (exact) mass is 638 g/mol. The second-order valence-corrected chi connectivity index (χ2v) is 12.5. The number of hydrogen-bond acceptors (Lipinski definition) is 7. The number of nitro benzene ring substituents is 1. The molecule has 226 valence electrons. The molecule has 7 rings (SSSR count). The topological polar surface area (TPSA) is 122 Å². The Morgan fingerprint density at radius 3 is 2.64 bits per heavy atom. The minimum atomic E-state index is -1.48. The lowest BCUT2D eigenvalue weighted by molar-refractivity contribution is -0.384. The molecule has 0 aromatic heterocycles. The number of nitrogens with one attached hydrogen (secondary N) is 1. The van der Waals surface area contributed by atoms with E-state index in [2.05, 4.69) is 5.32 Å². The number of esters is 1. The van der Waals surface area contributed by atoms with Gasteiger partial charge >= 0.3 is 5.97 Å². The van der Waals surface area contributed by atoms with E-state index in [1.165, 1.54) is 36.3 Å². The standard InChI is InChI=1S/C31H25Cl2FN4O6/c1-44-29(40)16-7-10-22(38(42)43)23(11-16)36-14-24-25(28(36)39)26(18-3-2-4-20(33)27(18)34)31(37(24)13-15-5-6-15)19-9-8-17(32)12-21(19)35-30(31)41/h2-4,7-12,15,24-26H,5-6,13-14H2,1H3,(H,35,41)/t24-,25+,26-,31+/m0/s1. The maximum atomic E-state index is 16.0. The van der Waals surface area contributed by atoms with Crippen molar-refractivity contribution in [1.29, 1.82) is 0 Å². The summed E-state index contributed by atoms with van der Waals surface area (Å²) in [7, 11) is 1.19. The third-order valence-electron chi connectivity index (χ3n) is 9.34. The number of amides is 2. The molecular formula is C31H25Cl2FN4O6. The van der Waals surface area contributed by atoms with Crippen molar-refractivity contribution in [3.63, 3.8) is 0 Å². The van der Waals surface area contributed by atoms with Gasteiger partial charge in [0.05, 0.1) is 28.5 Å². The number of likely N-dealkylation sites (tertiary alicyclic amines) is 1. The lowest BCUT2D eigenvalue weighted by Crippen LogP contribution is -2.54. The molecule has 4 atom stereocenters. The third kappa shape index (κ3) is 4.06. The number of carbonyl (C=O) groups excluding carboxylic acids is 3. The first kappa shape index (κ1) is 28.7. The first-order valence-electron chi connectivity index (χ1n) is 14.1. The molecule has 1 N–H and O–H groups in total. The van der Waals surface area contributed by atoms with Gasteiger partial charge in [0, 0.05) is 47.4 Å². The molecule has 3 heterocycles. The fourth-order valence-electron chi connectivity index (χ4n) is 7.37. The summed E-state index contributed by atoms with van der Waals surface area (Å²) in [5.74, 6) is -4.20. The number of rotatable bonds is 6. The van der Waals surface area contributed by atoms with Gasteiger partial charge in [-0.3, -0.25) is 24.6 Å². The normalized spacial score (nSPS) is 25.7.